The third-order valence-electron chi connectivity index (χ3n) is 6.43. The Morgan fingerprint density at radius 3 is 2.47 bits per heavy atom. The van der Waals surface area contributed by atoms with Crippen LogP contribution >= 0.6 is 0 Å². The van der Waals surface area contributed by atoms with E-state index in [0.717, 1.165) is 45.4 Å². The molecule has 0 saturated carbocycles. The number of rotatable bonds is 5. The zero-order chi connectivity index (χ0) is 20.9. The van der Waals surface area contributed by atoms with Crippen molar-refractivity contribution < 1.29 is 9.53 Å². The van der Waals surface area contributed by atoms with E-state index in [-0.39, 0.29) is 24.1 Å². The smallest absolute Gasteiger partial charge is 0.275 e. The SMILES string of the molecule is COc1nn(CC(=O)N2CCCC[C@H]2CN2CCCCCC2)c(=O)c2ccccc12. The van der Waals surface area contributed by atoms with Crippen molar-refractivity contribution in [2.24, 2.45) is 0 Å². The maximum Gasteiger partial charge on any atom is 0.275 e. The molecule has 1 aromatic carbocycles. The number of benzene rings is 1. The van der Waals surface area contributed by atoms with Gasteiger partial charge in [-0.25, -0.2) is 4.68 Å². The number of hydrogen-bond acceptors (Lipinski definition) is 5. The van der Waals surface area contributed by atoms with Crippen molar-refractivity contribution in [3.8, 4) is 5.88 Å². The number of fused-ring (bicyclic) bond motifs is 1. The number of likely N-dealkylation sites (tertiary alicyclic amines) is 2. The molecule has 4 rings (SSSR count). The quantitative estimate of drug-likeness (QED) is 0.755. The van der Waals surface area contributed by atoms with Gasteiger partial charge in [0.15, 0.2) is 0 Å². The van der Waals surface area contributed by atoms with Gasteiger partial charge < -0.3 is 14.5 Å². The standard InChI is InChI=1S/C23H32N4O3/c1-30-22-19-11-4-5-12-20(19)23(29)27(24-22)17-21(28)26-15-9-6-10-18(26)16-25-13-7-2-3-8-14-25/h4-5,11-12,18H,2-3,6-10,13-17H2,1H3/t18-/m0/s1. The summed E-state index contributed by atoms with van der Waals surface area (Å²) in [6.07, 6.45) is 8.32. The zero-order valence-electron chi connectivity index (χ0n) is 17.9. The first-order valence-electron chi connectivity index (χ1n) is 11.2. The minimum absolute atomic E-state index is 0.0264. The van der Waals surface area contributed by atoms with Gasteiger partial charge in [0.05, 0.1) is 17.9 Å². The highest BCUT2D eigenvalue weighted by Crippen LogP contribution is 2.22. The molecule has 0 spiro atoms. The first-order chi connectivity index (χ1) is 14.7. The van der Waals surface area contributed by atoms with Crippen LogP contribution in [0.2, 0.25) is 0 Å². The third kappa shape index (κ3) is 4.51. The van der Waals surface area contributed by atoms with Crippen LogP contribution in [0.3, 0.4) is 0 Å². The Bertz CT molecular complexity index is 934. The minimum atomic E-state index is -0.249. The van der Waals surface area contributed by atoms with Gasteiger partial charge in [0.1, 0.15) is 6.54 Å². The van der Waals surface area contributed by atoms with Crippen LogP contribution in [0.25, 0.3) is 10.8 Å². The second-order valence-corrected chi connectivity index (χ2v) is 8.47. The van der Waals surface area contributed by atoms with E-state index in [4.69, 9.17) is 4.74 Å². The zero-order valence-corrected chi connectivity index (χ0v) is 17.9. The Hall–Kier alpha value is -2.41. The Morgan fingerprint density at radius 1 is 1.03 bits per heavy atom. The van der Waals surface area contributed by atoms with Crippen molar-refractivity contribution >= 4 is 16.7 Å². The number of ether oxygens (including phenoxy) is 1. The van der Waals surface area contributed by atoms with Crippen molar-refractivity contribution in [3.63, 3.8) is 0 Å². The number of nitrogens with zero attached hydrogens (tertiary/aromatic N) is 4. The lowest BCUT2D eigenvalue weighted by molar-refractivity contribution is -0.136. The summed E-state index contributed by atoms with van der Waals surface area (Å²) in [5, 5.41) is 5.53. The molecule has 2 saturated heterocycles. The number of piperidine rings is 1. The average molecular weight is 413 g/mol. The van der Waals surface area contributed by atoms with Crippen molar-refractivity contribution in [1.29, 1.82) is 0 Å². The van der Waals surface area contributed by atoms with Gasteiger partial charge in [-0.3, -0.25) is 9.59 Å². The molecule has 2 fully saturated rings. The molecular formula is C23H32N4O3. The number of aromatic nitrogens is 2. The van der Waals surface area contributed by atoms with Crippen molar-refractivity contribution in [1.82, 2.24) is 19.6 Å². The summed E-state index contributed by atoms with van der Waals surface area (Å²) < 4.78 is 6.65. The molecule has 7 nitrogen and oxygen atoms in total. The summed E-state index contributed by atoms with van der Waals surface area (Å²) in [5.41, 5.74) is -0.249. The fourth-order valence-electron chi connectivity index (χ4n) is 4.82. The van der Waals surface area contributed by atoms with E-state index in [0.29, 0.717) is 16.7 Å². The van der Waals surface area contributed by atoms with Crippen LogP contribution in [-0.2, 0) is 11.3 Å². The van der Waals surface area contributed by atoms with Crippen LogP contribution < -0.4 is 10.3 Å². The summed E-state index contributed by atoms with van der Waals surface area (Å²) in [4.78, 5) is 30.7. The van der Waals surface area contributed by atoms with E-state index in [9.17, 15) is 9.59 Å². The third-order valence-corrected chi connectivity index (χ3v) is 6.43. The first kappa shape index (κ1) is 20.8. The molecule has 3 heterocycles. The number of amides is 1. The van der Waals surface area contributed by atoms with Gasteiger partial charge >= 0.3 is 0 Å². The Labute approximate surface area is 177 Å². The lowest BCUT2D eigenvalue weighted by atomic mass is 10.0. The molecule has 2 aliphatic rings. The Morgan fingerprint density at radius 2 is 1.73 bits per heavy atom. The summed E-state index contributed by atoms with van der Waals surface area (Å²) in [7, 11) is 1.53. The lowest BCUT2D eigenvalue weighted by Crippen LogP contribution is -2.51. The number of carbonyl (C=O) groups excluding carboxylic acids is 1. The monoisotopic (exact) mass is 412 g/mol. The molecule has 30 heavy (non-hydrogen) atoms. The molecular weight excluding hydrogens is 380 g/mol. The van der Waals surface area contributed by atoms with Gasteiger partial charge in [-0.1, -0.05) is 25.0 Å². The van der Waals surface area contributed by atoms with Gasteiger partial charge in [0.2, 0.25) is 11.8 Å². The molecule has 1 atom stereocenters. The van der Waals surface area contributed by atoms with Gasteiger partial charge in [-0.05, 0) is 57.3 Å². The molecule has 0 radical (unpaired) electrons. The predicted octanol–water partition coefficient (Wildman–Crippen LogP) is 2.66. The van der Waals surface area contributed by atoms with Crippen LogP contribution in [0.5, 0.6) is 5.88 Å². The van der Waals surface area contributed by atoms with Gasteiger partial charge in [0.25, 0.3) is 5.56 Å². The largest absolute Gasteiger partial charge is 0.480 e. The lowest BCUT2D eigenvalue weighted by Gasteiger charge is -2.38. The number of carbonyl (C=O) groups is 1. The van der Waals surface area contributed by atoms with Gasteiger partial charge in [-0.15, -0.1) is 5.10 Å². The molecule has 162 valence electrons. The topological polar surface area (TPSA) is 67.7 Å². The van der Waals surface area contributed by atoms with E-state index in [1.165, 1.54) is 37.5 Å². The van der Waals surface area contributed by atoms with Crippen molar-refractivity contribution in [2.75, 3.05) is 33.3 Å². The van der Waals surface area contributed by atoms with E-state index in [2.05, 4.69) is 10.00 Å². The summed E-state index contributed by atoms with van der Waals surface area (Å²) in [5.74, 6) is 0.346. The molecule has 0 aliphatic carbocycles. The highest BCUT2D eigenvalue weighted by Gasteiger charge is 2.29. The molecule has 0 bridgehead atoms. The highest BCUT2D eigenvalue weighted by atomic mass is 16.5. The Balaban J connectivity index is 1.53. The minimum Gasteiger partial charge on any atom is -0.480 e. The molecule has 0 N–H and O–H groups in total. The maximum absolute atomic E-state index is 13.2. The second kappa shape index (κ2) is 9.60. The molecule has 1 aromatic heterocycles. The Kier molecular flexibility index (Phi) is 6.67. The molecule has 2 aromatic rings. The van der Waals surface area contributed by atoms with Gasteiger partial charge in [-0.2, -0.15) is 0 Å². The first-order valence-corrected chi connectivity index (χ1v) is 11.2. The van der Waals surface area contributed by atoms with Crippen LogP contribution in [0.4, 0.5) is 0 Å². The van der Waals surface area contributed by atoms with Crippen molar-refractivity contribution in [2.45, 2.75) is 57.5 Å². The van der Waals surface area contributed by atoms with Crippen LogP contribution in [-0.4, -0.2) is 64.8 Å². The van der Waals surface area contributed by atoms with Crippen molar-refractivity contribution in [3.05, 3.63) is 34.6 Å². The molecule has 0 unspecified atom stereocenters. The predicted molar refractivity (Wildman–Crippen MR) is 117 cm³/mol. The molecule has 1 amide bonds. The molecule has 7 heteroatoms. The number of hydrogen-bond donors (Lipinski definition) is 0. The fraction of sp³-hybridized carbons (Fsp3) is 0.609. The number of methoxy groups -OCH3 is 1. The van der Waals surface area contributed by atoms with Gasteiger partial charge in [0, 0.05) is 19.1 Å². The van der Waals surface area contributed by atoms with Crippen LogP contribution in [0, 0.1) is 0 Å². The maximum atomic E-state index is 13.2. The highest BCUT2D eigenvalue weighted by molar-refractivity contribution is 5.86. The fourth-order valence-corrected chi connectivity index (χ4v) is 4.82. The van der Waals surface area contributed by atoms with Crippen LogP contribution in [0.15, 0.2) is 29.1 Å². The normalized spacial score (nSPS) is 20.8. The summed E-state index contributed by atoms with van der Waals surface area (Å²) in [6, 6.07) is 7.46. The van der Waals surface area contributed by atoms with E-state index < -0.39 is 0 Å². The van der Waals surface area contributed by atoms with E-state index in [1.54, 1.807) is 6.07 Å². The summed E-state index contributed by atoms with van der Waals surface area (Å²) >= 11 is 0. The average Bonchev–Trinajstić information content (AvgIpc) is 3.05. The van der Waals surface area contributed by atoms with E-state index >= 15 is 0 Å². The molecule has 2 aliphatic heterocycles. The summed E-state index contributed by atoms with van der Waals surface area (Å²) in [6.45, 7) is 3.91. The van der Waals surface area contributed by atoms with E-state index in [1.807, 2.05) is 23.1 Å². The second-order valence-electron chi connectivity index (χ2n) is 8.47. The van der Waals surface area contributed by atoms with Crippen LogP contribution in [0.1, 0.15) is 44.9 Å².